The lowest BCUT2D eigenvalue weighted by Crippen LogP contribution is -2.65. The second kappa shape index (κ2) is 5.87. The molecule has 4 heteroatoms. The molecule has 2 fully saturated rings. The average molecular weight is 255 g/mol. The molecular weight excluding hydrogens is 226 g/mol. The zero-order chi connectivity index (χ0) is 13.2. The minimum atomic E-state index is -0.00981. The number of ether oxygens (including phenoxy) is 1. The molecule has 2 heterocycles. The molecule has 18 heavy (non-hydrogen) atoms. The summed E-state index contributed by atoms with van der Waals surface area (Å²) < 4.78 is 5.67. The molecule has 0 bridgehead atoms. The summed E-state index contributed by atoms with van der Waals surface area (Å²) in [5, 5.41) is 0. The summed E-state index contributed by atoms with van der Waals surface area (Å²) >= 11 is 0. The molecule has 0 radical (unpaired) electrons. The second-order valence-corrected chi connectivity index (χ2v) is 6.13. The minimum Gasteiger partial charge on any atom is -0.380 e. The van der Waals surface area contributed by atoms with E-state index in [0.717, 1.165) is 25.8 Å². The van der Waals surface area contributed by atoms with Crippen LogP contribution >= 0.6 is 0 Å². The first-order valence-corrected chi connectivity index (χ1v) is 7.39. The van der Waals surface area contributed by atoms with Crippen LogP contribution < -0.4 is 5.73 Å². The molecule has 106 valence electrons. The number of rotatable bonds is 5. The van der Waals surface area contributed by atoms with E-state index in [1.807, 2.05) is 0 Å². The number of fused-ring (bicyclic) bond motifs is 1. The van der Waals surface area contributed by atoms with Gasteiger partial charge in [0.25, 0.3) is 0 Å². The average Bonchev–Trinajstić information content (AvgIpc) is 2.82. The molecule has 2 aliphatic rings. The third-order valence-corrected chi connectivity index (χ3v) is 4.69. The van der Waals surface area contributed by atoms with E-state index in [0.29, 0.717) is 12.6 Å². The highest BCUT2D eigenvalue weighted by Crippen LogP contribution is 2.29. The molecule has 0 aromatic heterocycles. The van der Waals surface area contributed by atoms with Crippen molar-refractivity contribution in [1.82, 2.24) is 9.80 Å². The van der Waals surface area contributed by atoms with Crippen molar-refractivity contribution in [2.45, 2.75) is 51.2 Å². The van der Waals surface area contributed by atoms with Gasteiger partial charge in [-0.15, -0.1) is 0 Å². The van der Waals surface area contributed by atoms with Crippen LogP contribution in [0.1, 0.15) is 33.6 Å². The Morgan fingerprint density at radius 3 is 2.83 bits per heavy atom. The van der Waals surface area contributed by atoms with Gasteiger partial charge in [0, 0.05) is 38.3 Å². The molecule has 0 aromatic carbocycles. The molecular formula is C14H29N3O. The van der Waals surface area contributed by atoms with Gasteiger partial charge in [0.1, 0.15) is 0 Å². The molecule has 3 atom stereocenters. The molecule has 2 N–H and O–H groups in total. The standard InChI is InChI=1S/C14H29N3O/c1-4-18-11-14(3,10-15)17-9-13-6-5-7-16(13)8-12(17)2/h12-13H,4-11,15H2,1-3H3. The molecule has 2 rings (SSSR count). The van der Waals surface area contributed by atoms with Gasteiger partial charge in [0.15, 0.2) is 0 Å². The summed E-state index contributed by atoms with van der Waals surface area (Å²) in [7, 11) is 0. The predicted molar refractivity (Wildman–Crippen MR) is 74.7 cm³/mol. The summed E-state index contributed by atoms with van der Waals surface area (Å²) in [5.74, 6) is 0. The van der Waals surface area contributed by atoms with Gasteiger partial charge in [0.05, 0.1) is 12.1 Å². The van der Waals surface area contributed by atoms with Crippen LogP contribution in [0.4, 0.5) is 0 Å². The van der Waals surface area contributed by atoms with Gasteiger partial charge < -0.3 is 10.5 Å². The normalized spacial score (nSPS) is 33.3. The van der Waals surface area contributed by atoms with Crippen molar-refractivity contribution in [1.29, 1.82) is 0 Å². The van der Waals surface area contributed by atoms with E-state index in [1.165, 1.54) is 25.9 Å². The zero-order valence-corrected chi connectivity index (χ0v) is 12.2. The topological polar surface area (TPSA) is 41.7 Å². The van der Waals surface area contributed by atoms with Crippen LogP contribution in [0.2, 0.25) is 0 Å². The molecule has 0 spiro atoms. The van der Waals surface area contributed by atoms with Crippen molar-refractivity contribution in [2.75, 3.05) is 39.4 Å². The van der Waals surface area contributed by atoms with E-state index in [2.05, 4.69) is 30.6 Å². The van der Waals surface area contributed by atoms with Crippen molar-refractivity contribution in [3.8, 4) is 0 Å². The summed E-state index contributed by atoms with van der Waals surface area (Å²) in [6.45, 7) is 12.4. The summed E-state index contributed by atoms with van der Waals surface area (Å²) in [6.07, 6.45) is 2.70. The highest BCUT2D eigenvalue weighted by atomic mass is 16.5. The first kappa shape index (κ1) is 14.3. The van der Waals surface area contributed by atoms with E-state index in [9.17, 15) is 0 Å². The Morgan fingerprint density at radius 1 is 1.39 bits per heavy atom. The van der Waals surface area contributed by atoms with E-state index < -0.39 is 0 Å². The van der Waals surface area contributed by atoms with Crippen molar-refractivity contribution >= 4 is 0 Å². The molecule has 0 saturated carbocycles. The fraction of sp³-hybridized carbons (Fsp3) is 1.00. The lowest BCUT2D eigenvalue weighted by Gasteiger charge is -2.50. The number of hydrogen-bond donors (Lipinski definition) is 1. The van der Waals surface area contributed by atoms with E-state index in [-0.39, 0.29) is 5.54 Å². The maximum atomic E-state index is 6.04. The first-order chi connectivity index (χ1) is 8.60. The highest BCUT2D eigenvalue weighted by molar-refractivity contribution is 4.98. The minimum absolute atomic E-state index is 0.00981. The summed E-state index contributed by atoms with van der Waals surface area (Å²) in [4.78, 5) is 5.24. The van der Waals surface area contributed by atoms with Gasteiger partial charge in [-0.05, 0) is 40.2 Å². The Kier molecular flexibility index (Phi) is 4.64. The molecule has 0 amide bonds. The van der Waals surface area contributed by atoms with Gasteiger partial charge in [0.2, 0.25) is 0 Å². The molecule has 2 aliphatic heterocycles. The summed E-state index contributed by atoms with van der Waals surface area (Å²) in [5.41, 5.74) is 6.03. The molecule has 2 saturated heterocycles. The van der Waals surface area contributed by atoms with Crippen molar-refractivity contribution in [3.63, 3.8) is 0 Å². The van der Waals surface area contributed by atoms with Crippen molar-refractivity contribution < 1.29 is 4.74 Å². The quantitative estimate of drug-likeness (QED) is 0.793. The van der Waals surface area contributed by atoms with Gasteiger partial charge in [-0.25, -0.2) is 0 Å². The Morgan fingerprint density at radius 2 is 2.17 bits per heavy atom. The van der Waals surface area contributed by atoms with Crippen LogP contribution in [0, 0.1) is 0 Å². The van der Waals surface area contributed by atoms with Crippen LogP contribution in [0.25, 0.3) is 0 Å². The second-order valence-electron chi connectivity index (χ2n) is 6.13. The van der Waals surface area contributed by atoms with Crippen LogP contribution in [-0.4, -0.2) is 66.8 Å². The fourth-order valence-electron chi connectivity index (χ4n) is 3.52. The Balaban J connectivity index is 2.04. The van der Waals surface area contributed by atoms with Crippen molar-refractivity contribution in [2.24, 2.45) is 5.73 Å². The smallest absolute Gasteiger partial charge is 0.0660 e. The number of hydrogen-bond acceptors (Lipinski definition) is 4. The third-order valence-electron chi connectivity index (χ3n) is 4.69. The fourth-order valence-corrected chi connectivity index (χ4v) is 3.52. The Labute approximate surface area is 111 Å². The van der Waals surface area contributed by atoms with E-state index in [4.69, 9.17) is 10.5 Å². The monoisotopic (exact) mass is 255 g/mol. The van der Waals surface area contributed by atoms with Crippen molar-refractivity contribution in [3.05, 3.63) is 0 Å². The van der Waals surface area contributed by atoms with Crippen LogP contribution in [-0.2, 0) is 4.74 Å². The predicted octanol–water partition coefficient (Wildman–Crippen LogP) is 0.909. The molecule has 4 nitrogen and oxygen atoms in total. The third kappa shape index (κ3) is 2.72. The highest BCUT2D eigenvalue weighted by Gasteiger charge is 2.42. The van der Waals surface area contributed by atoms with E-state index in [1.54, 1.807) is 0 Å². The largest absolute Gasteiger partial charge is 0.380 e. The van der Waals surface area contributed by atoms with E-state index >= 15 is 0 Å². The van der Waals surface area contributed by atoms with Gasteiger partial charge in [-0.1, -0.05) is 0 Å². The number of nitrogens with zero attached hydrogens (tertiary/aromatic N) is 2. The first-order valence-electron chi connectivity index (χ1n) is 7.39. The molecule has 0 aromatic rings. The maximum absolute atomic E-state index is 6.04. The maximum Gasteiger partial charge on any atom is 0.0660 e. The zero-order valence-electron chi connectivity index (χ0n) is 12.2. The van der Waals surface area contributed by atoms with Crippen LogP contribution in [0.15, 0.2) is 0 Å². The number of nitrogens with two attached hydrogens (primary N) is 1. The lowest BCUT2D eigenvalue weighted by atomic mass is 9.95. The Hall–Kier alpha value is -0.160. The summed E-state index contributed by atoms with van der Waals surface area (Å²) in [6, 6.07) is 1.32. The molecule has 3 unspecified atom stereocenters. The van der Waals surface area contributed by atoms with Gasteiger partial charge in [-0.3, -0.25) is 9.80 Å². The van der Waals surface area contributed by atoms with Crippen LogP contribution in [0.5, 0.6) is 0 Å². The Bertz CT molecular complexity index is 274. The SMILES string of the molecule is CCOCC(C)(CN)N1CC2CCCN2CC1C. The van der Waals surface area contributed by atoms with Crippen LogP contribution in [0.3, 0.4) is 0 Å². The lowest BCUT2D eigenvalue weighted by molar-refractivity contribution is -0.0521. The van der Waals surface area contributed by atoms with Gasteiger partial charge in [-0.2, -0.15) is 0 Å². The molecule has 0 aliphatic carbocycles. The number of piperazine rings is 1. The van der Waals surface area contributed by atoms with Gasteiger partial charge >= 0.3 is 0 Å².